The molecular weight excluding hydrogens is 248 g/mol. The molecule has 1 aromatic carbocycles. The predicted molar refractivity (Wildman–Crippen MR) is 84.1 cm³/mol. The molecule has 1 heterocycles. The highest BCUT2D eigenvalue weighted by atomic mass is 16.5. The molecule has 2 rings (SSSR count). The van der Waals surface area contributed by atoms with Crippen LogP contribution in [0.25, 0.3) is 0 Å². The van der Waals surface area contributed by atoms with E-state index in [0.29, 0.717) is 12.1 Å². The highest BCUT2D eigenvalue weighted by Crippen LogP contribution is 2.18. The van der Waals surface area contributed by atoms with Crippen LogP contribution < -0.4 is 5.32 Å². The molecule has 1 aromatic rings. The number of likely N-dealkylation sites (N-methyl/N-ethyl adjacent to an activating group) is 2. The Morgan fingerprint density at radius 3 is 2.65 bits per heavy atom. The van der Waals surface area contributed by atoms with Crippen LogP contribution in [0.5, 0.6) is 0 Å². The average Bonchev–Trinajstić information content (AvgIpc) is 3.00. The van der Waals surface area contributed by atoms with Gasteiger partial charge in [-0.05, 0) is 38.1 Å². The van der Waals surface area contributed by atoms with Gasteiger partial charge in [-0.2, -0.15) is 0 Å². The summed E-state index contributed by atoms with van der Waals surface area (Å²) >= 11 is 0. The molecule has 20 heavy (non-hydrogen) atoms. The van der Waals surface area contributed by atoms with E-state index in [2.05, 4.69) is 48.5 Å². The van der Waals surface area contributed by atoms with E-state index >= 15 is 0 Å². The number of nitrogens with one attached hydrogen (secondary N) is 1. The maximum atomic E-state index is 5.48. The predicted octanol–water partition coefficient (Wildman–Crippen LogP) is 2.62. The minimum Gasteiger partial charge on any atom is -0.380 e. The summed E-state index contributed by atoms with van der Waals surface area (Å²) in [6, 6.07) is 10.0. The molecule has 1 aliphatic heterocycles. The second kappa shape index (κ2) is 7.77. The lowest BCUT2D eigenvalue weighted by molar-refractivity contribution is 0.153. The van der Waals surface area contributed by atoms with Gasteiger partial charge in [0.1, 0.15) is 0 Å². The Morgan fingerprint density at radius 1 is 1.35 bits per heavy atom. The maximum Gasteiger partial charge on any atom is 0.0622 e. The summed E-state index contributed by atoms with van der Waals surface area (Å²) < 4.78 is 5.48. The summed E-state index contributed by atoms with van der Waals surface area (Å²) in [7, 11) is 4.25. The van der Waals surface area contributed by atoms with Gasteiger partial charge in [0, 0.05) is 25.2 Å². The molecule has 2 atom stereocenters. The highest BCUT2D eigenvalue weighted by molar-refractivity contribution is 5.25. The molecular formula is C17H28N2O. The fourth-order valence-corrected chi connectivity index (χ4v) is 2.88. The Kier molecular flexibility index (Phi) is 6.02. The summed E-state index contributed by atoms with van der Waals surface area (Å²) in [4.78, 5) is 2.42. The standard InChI is InChI=1S/C17H28N2O/c1-4-5-14-6-8-15(9-7-14)17(18-2)12-19(3)16-10-11-20-13-16/h6-9,16-18H,4-5,10-13H2,1-3H3. The molecule has 0 aromatic heterocycles. The first-order chi connectivity index (χ1) is 9.74. The second-order valence-electron chi connectivity index (χ2n) is 5.79. The number of aryl methyl sites for hydroxylation is 1. The number of nitrogens with zero attached hydrogens (tertiary/aromatic N) is 1. The van der Waals surface area contributed by atoms with E-state index in [1.165, 1.54) is 24.0 Å². The number of hydrogen-bond acceptors (Lipinski definition) is 3. The van der Waals surface area contributed by atoms with Gasteiger partial charge in [-0.25, -0.2) is 0 Å². The summed E-state index contributed by atoms with van der Waals surface area (Å²) in [5.74, 6) is 0. The molecule has 1 N–H and O–H groups in total. The van der Waals surface area contributed by atoms with Crippen LogP contribution in [0.4, 0.5) is 0 Å². The molecule has 2 unspecified atom stereocenters. The van der Waals surface area contributed by atoms with Crippen molar-refractivity contribution in [3.63, 3.8) is 0 Å². The van der Waals surface area contributed by atoms with Crippen molar-refractivity contribution >= 4 is 0 Å². The third-order valence-corrected chi connectivity index (χ3v) is 4.27. The Labute approximate surface area is 123 Å². The smallest absolute Gasteiger partial charge is 0.0622 e. The molecule has 1 aliphatic rings. The lowest BCUT2D eigenvalue weighted by Crippen LogP contribution is -2.38. The SMILES string of the molecule is CCCc1ccc(C(CN(C)C2CCOC2)NC)cc1. The van der Waals surface area contributed by atoms with Crippen molar-refractivity contribution in [2.75, 3.05) is 33.9 Å². The van der Waals surface area contributed by atoms with Gasteiger partial charge in [-0.1, -0.05) is 37.6 Å². The molecule has 0 bridgehead atoms. The van der Waals surface area contributed by atoms with Gasteiger partial charge in [0.2, 0.25) is 0 Å². The van der Waals surface area contributed by atoms with Gasteiger partial charge < -0.3 is 10.1 Å². The van der Waals surface area contributed by atoms with E-state index in [0.717, 1.165) is 26.2 Å². The van der Waals surface area contributed by atoms with Crippen molar-refractivity contribution in [3.05, 3.63) is 35.4 Å². The van der Waals surface area contributed by atoms with Crippen LogP contribution in [-0.4, -0.2) is 44.8 Å². The maximum absolute atomic E-state index is 5.48. The molecule has 0 spiro atoms. The summed E-state index contributed by atoms with van der Waals surface area (Å²) in [5, 5.41) is 3.44. The minimum atomic E-state index is 0.385. The van der Waals surface area contributed by atoms with Crippen LogP contribution in [0.15, 0.2) is 24.3 Å². The first-order valence-corrected chi connectivity index (χ1v) is 7.78. The van der Waals surface area contributed by atoms with E-state index in [-0.39, 0.29) is 0 Å². The van der Waals surface area contributed by atoms with Crippen LogP contribution in [0.1, 0.15) is 36.9 Å². The molecule has 3 nitrogen and oxygen atoms in total. The molecule has 1 saturated heterocycles. The van der Waals surface area contributed by atoms with Crippen LogP contribution in [0.2, 0.25) is 0 Å². The number of rotatable bonds is 7. The lowest BCUT2D eigenvalue weighted by atomic mass is 10.0. The van der Waals surface area contributed by atoms with E-state index in [4.69, 9.17) is 4.74 Å². The topological polar surface area (TPSA) is 24.5 Å². The van der Waals surface area contributed by atoms with Gasteiger partial charge >= 0.3 is 0 Å². The Morgan fingerprint density at radius 2 is 2.10 bits per heavy atom. The van der Waals surface area contributed by atoms with E-state index in [1.807, 2.05) is 7.05 Å². The molecule has 0 radical (unpaired) electrons. The van der Waals surface area contributed by atoms with Gasteiger partial charge in [0.05, 0.1) is 6.61 Å². The fourth-order valence-electron chi connectivity index (χ4n) is 2.88. The summed E-state index contributed by atoms with van der Waals surface area (Å²) in [6.07, 6.45) is 3.53. The quantitative estimate of drug-likeness (QED) is 0.828. The van der Waals surface area contributed by atoms with Gasteiger partial charge in [0.15, 0.2) is 0 Å². The summed E-state index contributed by atoms with van der Waals surface area (Å²) in [6.45, 7) is 5.04. The minimum absolute atomic E-state index is 0.385. The van der Waals surface area contributed by atoms with Crippen LogP contribution >= 0.6 is 0 Å². The average molecular weight is 276 g/mol. The molecule has 0 amide bonds. The van der Waals surface area contributed by atoms with Gasteiger partial charge in [0.25, 0.3) is 0 Å². The Bertz CT molecular complexity index is 384. The normalized spacial score (nSPS) is 20.5. The fraction of sp³-hybridized carbons (Fsp3) is 0.647. The number of benzene rings is 1. The highest BCUT2D eigenvalue weighted by Gasteiger charge is 2.22. The van der Waals surface area contributed by atoms with E-state index in [1.54, 1.807) is 0 Å². The third kappa shape index (κ3) is 4.05. The van der Waals surface area contributed by atoms with Crippen molar-refractivity contribution in [2.45, 2.75) is 38.3 Å². The van der Waals surface area contributed by atoms with Crippen molar-refractivity contribution in [3.8, 4) is 0 Å². The molecule has 112 valence electrons. The third-order valence-electron chi connectivity index (χ3n) is 4.27. The molecule has 1 fully saturated rings. The van der Waals surface area contributed by atoms with Crippen molar-refractivity contribution in [1.29, 1.82) is 0 Å². The number of hydrogen-bond donors (Lipinski definition) is 1. The first-order valence-electron chi connectivity index (χ1n) is 7.78. The van der Waals surface area contributed by atoms with Gasteiger partial charge in [-0.3, -0.25) is 4.90 Å². The van der Waals surface area contributed by atoms with E-state index in [9.17, 15) is 0 Å². The monoisotopic (exact) mass is 276 g/mol. The molecule has 0 aliphatic carbocycles. The van der Waals surface area contributed by atoms with Gasteiger partial charge in [-0.15, -0.1) is 0 Å². The van der Waals surface area contributed by atoms with Crippen LogP contribution in [-0.2, 0) is 11.2 Å². The summed E-state index contributed by atoms with van der Waals surface area (Å²) in [5.41, 5.74) is 2.81. The zero-order chi connectivity index (χ0) is 14.4. The first kappa shape index (κ1) is 15.5. The molecule has 3 heteroatoms. The lowest BCUT2D eigenvalue weighted by Gasteiger charge is -2.28. The molecule has 0 saturated carbocycles. The van der Waals surface area contributed by atoms with Crippen molar-refractivity contribution < 1.29 is 4.74 Å². The number of ether oxygens (including phenoxy) is 1. The van der Waals surface area contributed by atoms with Crippen LogP contribution in [0, 0.1) is 0 Å². The Hall–Kier alpha value is -0.900. The van der Waals surface area contributed by atoms with Crippen LogP contribution in [0.3, 0.4) is 0 Å². The van der Waals surface area contributed by atoms with Crippen molar-refractivity contribution in [1.82, 2.24) is 10.2 Å². The van der Waals surface area contributed by atoms with Crippen molar-refractivity contribution in [2.24, 2.45) is 0 Å². The zero-order valence-electron chi connectivity index (χ0n) is 13.1. The second-order valence-corrected chi connectivity index (χ2v) is 5.79. The Balaban J connectivity index is 1.96. The van der Waals surface area contributed by atoms with E-state index < -0.39 is 0 Å². The zero-order valence-corrected chi connectivity index (χ0v) is 13.1. The largest absolute Gasteiger partial charge is 0.380 e.